The molecule has 0 unspecified atom stereocenters. The van der Waals surface area contributed by atoms with E-state index in [2.05, 4.69) is 15.3 Å². The van der Waals surface area contributed by atoms with E-state index in [-0.39, 0.29) is 24.7 Å². The second-order valence-corrected chi connectivity index (χ2v) is 9.16. The number of halogens is 1. The number of nitriles is 1. The minimum absolute atomic E-state index is 0.0921. The normalized spacial score (nSPS) is 13.6. The van der Waals surface area contributed by atoms with E-state index in [1.165, 1.54) is 6.07 Å². The highest BCUT2D eigenvalue weighted by molar-refractivity contribution is 5.92. The SMILES string of the molecule is CC(C)(C)N(Cc1cc(-c2ccc3ncnc(NC4CC4)c3c2)ccc1F)C(=O)CC#N. The van der Waals surface area contributed by atoms with Crippen LogP contribution in [0.4, 0.5) is 10.2 Å². The number of rotatable bonds is 6. The zero-order valence-corrected chi connectivity index (χ0v) is 18.5. The van der Waals surface area contributed by atoms with Crippen molar-refractivity contribution in [1.82, 2.24) is 14.9 Å². The Morgan fingerprint density at radius 3 is 2.59 bits per heavy atom. The van der Waals surface area contributed by atoms with Crippen molar-refractivity contribution in [2.24, 2.45) is 0 Å². The van der Waals surface area contributed by atoms with E-state index < -0.39 is 5.54 Å². The molecule has 0 atom stereocenters. The van der Waals surface area contributed by atoms with Gasteiger partial charge in [0.15, 0.2) is 0 Å². The molecule has 1 N–H and O–H groups in total. The van der Waals surface area contributed by atoms with Gasteiger partial charge in [0.25, 0.3) is 0 Å². The Hall–Kier alpha value is -3.53. The standard InChI is InChI=1S/C25H26FN5O/c1-25(2,3)31(23(32)10-11-27)14-18-12-16(4-8-21(18)26)17-5-9-22-20(13-17)24(29-15-28-22)30-19-6-7-19/h4-5,8-9,12-13,15,19H,6-7,10,14H2,1-3H3,(H,28,29,30). The fourth-order valence-electron chi connectivity index (χ4n) is 3.68. The van der Waals surface area contributed by atoms with Crippen LogP contribution in [0.2, 0.25) is 0 Å². The van der Waals surface area contributed by atoms with Gasteiger partial charge in [-0.25, -0.2) is 14.4 Å². The van der Waals surface area contributed by atoms with E-state index in [0.717, 1.165) is 40.7 Å². The highest BCUT2D eigenvalue weighted by Gasteiger charge is 2.27. The van der Waals surface area contributed by atoms with Gasteiger partial charge in [-0.2, -0.15) is 5.26 Å². The number of fused-ring (bicyclic) bond motifs is 1. The van der Waals surface area contributed by atoms with E-state index in [1.54, 1.807) is 23.4 Å². The molecule has 3 aromatic rings. The second kappa shape index (κ2) is 8.54. The van der Waals surface area contributed by atoms with Gasteiger partial charge in [-0.05, 0) is 69.0 Å². The van der Waals surface area contributed by atoms with Gasteiger partial charge in [0, 0.05) is 29.1 Å². The first-order valence-corrected chi connectivity index (χ1v) is 10.7. The van der Waals surface area contributed by atoms with E-state index in [4.69, 9.17) is 5.26 Å². The zero-order valence-electron chi connectivity index (χ0n) is 18.5. The monoisotopic (exact) mass is 431 g/mol. The Morgan fingerprint density at radius 2 is 1.91 bits per heavy atom. The van der Waals surface area contributed by atoms with Crippen molar-refractivity contribution >= 4 is 22.6 Å². The molecule has 4 rings (SSSR count). The predicted octanol–water partition coefficient (Wildman–Crippen LogP) is 5.05. The van der Waals surface area contributed by atoms with Crippen LogP contribution in [0.5, 0.6) is 0 Å². The summed E-state index contributed by atoms with van der Waals surface area (Å²) in [7, 11) is 0. The van der Waals surface area contributed by atoms with E-state index in [0.29, 0.717) is 11.6 Å². The number of aromatic nitrogens is 2. The molecule has 1 aromatic heterocycles. The van der Waals surface area contributed by atoms with Gasteiger partial charge < -0.3 is 10.2 Å². The summed E-state index contributed by atoms with van der Waals surface area (Å²) >= 11 is 0. The van der Waals surface area contributed by atoms with Gasteiger partial charge in [-0.15, -0.1) is 0 Å². The summed E-state index contributed by atoms with van der Waals surface area (Å²) in [6, 6.07) is 13.2. The first-order valence-electron chi connectivity index (χ1n) is 10.7. The van der Waals surface area contributed by atoms with Crippen LogP contribution in [0.25, 0.3) is 22.0 Å². The number of benzene rings is 2. The number of carbonyl (C=O) groups is 1. The van der Waals surface area contributed by atoms with Crippen molar-refractivity contribution in [2.75, 3.05) is 5.32 Å². The van der Waals surface area contributed by atoms with Crippen molar-refractivity contribution in [2.45, 2.75) is 58.2 Å². The van der Waals surface area contributed by atoms with Crippen LogP contribution < -0.4 is 5.32 Å². The lowest BCUT2D eigenvalue weighted by Crippen LogP contribution is -2.45. The number of anilines is 1. The topological polar surface area (TPSA) is 81.9 Å². The van der Waals surface area contributed by atoms with Gasteiger partial charge in [0.1, 0.15) is 24.4 Å². The van der Waals surface area contributed by atoms with Crippen molar-refractivity contribution in [1.29, 1.82) is 5.26 Å². The highest BCUT2D eigenvalue weighted by Crippen LogP contribution is 2.31. The Bertz CT molecular complexity index is 1210. The molecule has 164 valence electrons. The molecular formula is C25H26FN5O. The molecule has 1 heterocycles. The Kier molecular flexibility index (Phi) is 5.79. The average Bonchev–Trinajstić information content (AvgIpc) is 3.56. The maximum absolute atomic E-state index is 14.7. The zero-order chi connectivity index (χ0) is 22.9. The summed E-state index contributed by atoms with van der Waals surface area (Å²) in [5, 5.41) is 13.3. The third kappa shape index (κ3) is 4.70. The molecule has 1 aliphatic carbocycles. The molecule has 32 heavy (non-hydrogen) atoms. The van der Waals surface area contributed by atoms with Gasteiger partial charge in [0.05, 0.1) is 11.6 Å². The van der Waals surface area contributed by atoms with Crippen LogP contribution in [-0.2, 0) is 11.3 Å². The summed E-state index contributed by atoms with van der Waals surface area (Å²) in [5.74, 6) is 0.110. The lowest BCUT2D eigenvalue weighted by molar-refractivity contribution is -0.135. The van der Waals surface area contributed by atoms with Gasteiger partial charge >= 0.3 is 0 Å². The van der Waals surface area contributed by atoms with Crippen molar-refractivity contribution < 1.29 is 9.18 Å². The lowest BCUT2D eigenvalue weighted by atomic mass is 9.99. The average molecular weight is 432 g/mol. The summed E-state index contributed by atoms with van der Waals surface area (Å²) in [6.45, 7) is 5.72. The fraction of sp³-hybridized carbons (Fsp3) is 0.360. The predicted molar refractivity (Wildman–Crippen MR) is 122 cm³/mol. The van der Waals surface area contributed by atoms with Crippen LogP contribution in [0.1, 0.15) is 45.6 Å². The third-order valence-electron chi connectivity index (χ3n) is 5.60. The van der Waals surface area contributed by atoms with Gasteiger partial charge in [-0.1, -0.05) is 12.1 Å². The number of hydrogen-bond donors (Lipinski definition) is 1. The molecule has 1 aliphatic rings. The maximum Gasteiger partial charge on any atom is 0.237 e. The number of nitrogens with zero attached hydrogens (tertiary/aromatic N) is 4. The smallest absolute Gasteiger partial charge is 0.237 e. The molecular weight excluding hydrogens is 405 g/mol. The largest absolute Gasteiger partial charge is 0.367 e. The van der Waals surface area contributed by atoms with Crippen LogP contribution in [0, 0.1) is 17.1 Å². The van der Waals surface area contributed by atoms with Crippen LogP contribution in [-0.4, -0.2) is 32.4 Å². The van der Waals surface area contributed by atoms with Crippen molar-refractivity contribution in [3.8, 4) is 17.2 Å². The lowest BCUT2D eigenvalue weighted by Gasteiger charge is -2.35. The Morgan fingerprint density at radius 1 is 1.19 bits per heavy atom. The molecule has 0 spiro atoms. The molecule has 0 saturated heterocycles. The molecule has 1 fully saturated rings. The van der Waals surface area contributed by atoms with E-state index in [1.807, 2.05) is 45.0 Å². The molecule has 1 amide bonds. The maximum atomic E-state index is 14.7. The third-order valence-corrected chi connectivity index (χ3v) is 5.60. The molecule has 2 aromatic carbocycles. The first kappa shape index (κ1) is 21.7. The number of amides is 1. The van der Waals surface area contributed by atoms with Crippen LogP contribution >= 0.6 is 0 Å². The second-order valence-electron chi connectivity index (χ2n) is 9.16. The van der Waals surface area contributed by atoms with Crippen molar-refractivity contribution in [3.05, 3.63) is 54.1 Å². The minimum Gasteiger partial charge on any atom is -0.367 e. The summed E-state index contributed by atoms with van der Waals surface area (Å²) in [4.78, 5) is 22.8. The summed E-state index contributed by atoms with van der Waals surface area (Å²) in [6.07, 6.45) is 3.60. The number of nitrogens with one attached hydrogen (secondary N) is 1. The summed E-state index contributed by atoms with van der Waals surface area (Å²) in [5.41, 5.74) is 2.46. The Labute approximate surface area is 187 Å². The molecule has 0 bridgehead atoms. The number of carbonyl (C=O) groups excluding carboxylic acids is 1. The van der Waals surface area contributed by atoms with E-state index in [9.17, 15) is 9.18 Å². The van der Waals surface area contributed by atoms with E-state index >= 15 is 0 Å². The van der Waals surface area contributed by atoms with Gasteiger partial charge in [0.2, 0.25) is 5.91 Å². The minimum atomic E-state index is -0.542. The van der Waals surface area contributed by atoms with Crippen LogP contribution in [0.15, 0.2) is 42.7 Å². The molecule has 1 saturated carbocycles. The number of hydrogen-bond acceptors (Lipinski definition) is 5. The van der Waals surface area contributed by atoms with Crippen molar-refractivity contribution in [3.63, 3.8) is 0 Å². The first-order chi connectivity index (χ1) is 15.3. The van der Waals surface area contributed by atoms with Crippen LogP contribution in [0.3, 0.4) is 0 Å². The molecule has 7 heteroatoms. The molecule has 0 radical (unpaired) electrons. The highest BCUT2D eigenvalue weighted by atomic mass is 19.1. The summed E-state index contributed by atoms with van der Waals surface area (Å²) < 4.78 is 14.7. The van der Waals surface area contributed by atoms with Gasteiger partial charge in [-0.3, -0.25) is 4.79 Å². The quantitative estimate of drug-likeness (QED) is 0.591. The molecule has 0 aliphatic heterocycles. The molecule has 6 nitrogen and oxygen atoms in total. The Balaban J connectivity index is 1.69. The fourth-order valence-corrected chi connectivity index (χ4v) is 3.68.